The second kappa shape index (κ2) is 4.49. The van der Waals surface area contributed by atoms with Crippen LogP contribution in [0.3, 0.4) is 0 Å². The highest BCUT2D eigenvalue weighted by Gasteiger charge is 2.17. The highest BCUT2D eigenvalue weighted by atomic mass is 14.7. The largest absolute Gasteiger partial charge is 0.303 e. The van der Waals surface area contributed by atoms with Crippen LogP contribution < -0.4 is 0 Å². The third kappa shape index (κ3) is 2.49. The minimum absolute atomic E-state index is 0.596. The van der Waals surface area contributed by atoms with E-state index in [9.17, 15) is 0 Å². The van der Waals surface area contributed by atoms with E-state index in [1.165, 1.54) is 12.8 Å². The molecule has 2 rings (SSSR count). The van der Waals surface area contributed by atoms with Gasteiger partial charge in [0, 0.05) is 17.7 Å². The zero-order chi connectivity index (χ0) is 11.5. The highest BCUT2D eigenvalue weighted by molar-refractivity contribution is 5.97. The Morgan fingerprint density at radius 1 is 1.56 bits per heavy atom. The van der Waals surface area contributed by atoms with Crippen LogP contribution in [-0.4, -0.2) is 10.7 Å². The van der Waals surface area contributed by atoms with E-state index in [1.807, 2.05) is 19.9 Å². The molecular formula is C14H16N2. The summed E-state index contributed by atoms with van der Waals surface area (Å²) in [6, 6.07) is 2.03. The molecule has 2 nitrogen and oxygen atoms in total. The first-order valence-electron chi connectivity index (χ1n) is 5.76. The van der Waals surface area contributed by atoms with Crippen molar-refractivity contribution in [3.05, 3.63) is 29.1 Å². The van der Waals surface area contributed by atoms with Crippen LogP contribution in [0.2, 0.25) is 0 Å². The van der Waals surface area contributed by atoms with E-state index in [4.69, 9.17) is 5.41 Å². The average molecular weight is 212 g/mol. The Labute approximate surface area is 96.6 Å². The van der Waals surface area contributed by atoms with Crippen molar-refractivity contribution in [2.24, 2.45) is 5.92 Å². The number of rotatable bonds is 2. The van der Waals surface area contributed by atoms with Crippen molar-refractivity contribution < 1.29 is 0 Å². The molecule has 1 aromatic heterocycles. The van der Waals surface area contributed by atoms with E-state index in [2.05, 4.69) is 16.8 Å². The van der Waals surface area contributed by atoms with Gasteiger partial charge in [-0.1, -0.05) is 18.8 Å². The van der Waals surface area contributed by atoms with Gasteiger partial charge in [0.05, 0.1) is 11.4 Å². The molecule has 0 saturated heterocycles. The lowest BCUT2D eigenvalue weighted by atomic mass is 10.1. The highest BCUT2D eigenvalue weighted by Crippen LogP contribution is 2.27. The van der Waals surface area contributed by atoms with Crippen molar-refractivity contribution in [1.82, 2.24) is 4.98 Å². The van der Waals surface area contributed by atoms with Crippen LogP contribution in [0.5, 0.6) is 0 Å². The standard InChI is InChI=1S/C14H16N2/c1-3-13(15)14-10(2)8-12(9-16-14)7-6-11-4-5-11/h8-9,11,15H,3-5H2,1-2H3. The molecule has 0 radical (unpaired) electrons. The minimum atomic E-state index is 0.596. The van der Waals surface area contributed by atoms with Crippen molar-refractivity contribution in [3.8, 4) is 11.8 Å². The molecule has 82 valence electrons. The molecule has 1 fully saturated rings. The monoisotopic (exact) mass is 212 g/mol. The zero-order valence-corrected chi connectivity index (χ0v) is 9.80. The zero-order valence-electron chi connectivity index (χ0n) is 9.80. The summed E-state index contributed by atoms with van der Waals surface area (Å²) in [6.07, 6.45) is 5.00. The molecule has 1 N–H and O–H groups in total. The molecule has 0 aromatic carbocycles. The molecule has 1 aromatic rings. The predicted octanol–water partition coefficient (Wildman–Crippen LogP) is 2.93. The second-order valence-corrected chi connectivity index (χ2v) is 4.27. The lowest BCUT2D eigenvalue weighted by molar-refractivity contribution is 1.15. The molecule has 1 saturated carbocycles. The number of hydrogen-bond donors (Lipinski definition) is 1. The first kappa shape index (κ1) is 10.9. The number of hydrogen-bond acceptors (Lipinski definition) is 2. The molecule has 16 heavy (non-hydrogen) atoms. The first-order chi connectivity index (χ1) is 7.70. The van der Waals surface area contributed by atoms with E-state index in [0.717, 1.165) is 23.2 Å². The Morgan fingerprint density at radius 2 is 2.31 bits per heavy atom. The molecule has 1 aliphatic carbocycles. The van der Waals surface area contributed by atoms with Crippen LogP contribution in [0, 0.1) is 30.1 Å². The van der Waals surface area contributed by atoms with Crippen molar-refractivity contribution in [3.63, 3.8) is 0 Å². The van der Waals surface area contributed by atoms with Gasteiger partial charge in [0.2, 0.25) is 0 Å². The van der Waals surface area contributed by atoms with Gasteiger partial charge in [0.15, 0.2) is 0 Å². The number of nitrogens with one attached hydrogen (secondary N) is 1. The molecule has 0 amide bonds. The maximum atomic E-state index is 7.77. The van der Waals surface area contributed by atoms with Crippen molar-refractivity contribution in [2.45, 2.75) is 33.1 Å². The number of aryl methyl sites for hydroxylation is 1. The Hall–Kier alpha value is -1.62. The smallest absolute Gasteiger partial charge is 0.0867 e. The second-order valence-electron chi connectivity index (χ2n) is 4.27. The van der Waals surface area contributed by atoms with Gasteiger partial charge in [-0.15, -0.1) is 0 Å². The fourth-order valence-electron chi connectivity index (χ4n) is 1.54. The summed E-state index contributed by atoms with van der Waals surface area (Å²) in [5.41, 5.74) is 3.42. The van der Waals surface area contributed by atoms with E-state index in [-0.39, 0.29) is 0 Å². The van der Waals surface area contributed by atoms with Gasteiger partial charge >= 0.3 is 0 Å². The van der Waals surface area contributed by atoms with E-state index >= 15 is 0 Å². The summed E-state index contributed by atoms with van der Waals surface area (Å²) in [7, 11) is 0. The summed E-state index contributed by atoms with van der Waals surface area (Å²) in [6.45, 7) is 3.97. The lowest BCUT2D eigenvalue weighted by Crippen LogP contribution is -2.03. The van der Waals surface area contributed by atoms with Gasteiger partial charge in [0.1, 0.15) is 0 Å². The fourth-order valence-corrected chi connectivity index (χ4v) is 1.54. The van der Waals surface area contributed by atoms with Crippen molar-refractivity contribution >= 4 is 5.71 Å². The quantitative estimate of drug-likeness (QED) is 0.594. The van der Waals surface area contributed by atoms with Gasteiger partial charge in [-0.05, 0) is 37.8 Å². The molecule has 0 unspecified atom stereocenters. The van der Waals surface area contributed by atoms with Crippen LogP contribution in [0.15, 0.2) is 12.3 Å². The normalized spacial score (nSPS) is 14.1. The van der Waals surface area contributed by atoms with Crippen LogP contribution in [0.25, 0.3) is 0 Å². The Bertz CT molecular complexity index is 473. The molecule has 0 aliphatic heterocycles. The van der Waals surface area contributed by atoms with Crippen LogP contribution in [-0.2, 0) is 0 Å². The molecule has 2 heteroatoms. The third-order valence-corrected chi connectivity index (χ3v) is 2.72. The van der Waals surface area contributed by atoms with Crippen molar-refractivity contribution in [2.75, 3.05) is 0 Å². The summed E-state index contributed by atoms with van der Waals surface area (Å²) >= 11 is 0. The molecular weight excluding hydrogens is 196 g/mol. The van der Waals surface area contributed by atoms with Gasteiger partial charge in [-0.25, -0.2) is 0 Å². The van der Waals surface area contributed by atoms with Gasteiger partial charge in [-0.2, -0.15) is 0 Å². The molecule has 1 aliphatic rings. The SMILES string of the molecule is CCC(=N)c1ncc(C#CC2CC2)cc1C. The molecule has 0 bridgehead atoms. The van der Waals surface area contributed by atoms with Gasteiger partial charge in [0.25, 0.3) is 0 Å². The summed E-state index contributed by atoms with van der Waals surface area (Å²) in [5.74, 6) is 6.99. The molecule has 0 spiro atoms. The number of nitrogens with zero attached hydrogens (tertiary/aromatic N) is 1. The lowest BCUT2D eigenvalue weighted by Gasteiger charge is -2.04. The summed E-state index contributed by atoms with van der Waals surface area (Å²) < 4.78 is 0. The third-order valence-electron chi connectivity index (χ3n) is 2.72. The summed E-state index contributed by atoms with van der Waals surface area (Å²) in [4.78, 5) is 4.32. The Kier molecular flexibility index (Phi) is 3.05. The molecule has 1 heterocycles. The Morgan fingerprint density at radius 3 is 2.88 bits per heavy atom. The van der Waals surface area contributed by atoms with E-state index in [1.54, 1.807) is 6.20 Å². The first-order valence-corrected chi connectivity index (χ1v) is 5.76. The Balaban J connectivity index is 2.22. The maximum absolute atomic E-state index is 7.77. The number of aromatic nitrogens is 1. The van der Waals surface area contributed by atoms with Crippen LogP contribution >= 0.6 is 0 Å². The molecule has 0 atom stereocenters. The van der Waals surface area contributed by atoms with Gasteiger partial charge < -0.3 is 5.41 Å². The number of pyridine rings is 1. The predicted molar refractivity (Wildman–Crippen MR) is 65.7 cm³/mol. The minimum Gasteiger partial charge on any atom is -0.303 e. The van der Waals surface area contributed by atoms with Gasteiger partial charge in [-0.3, -0.25) is 4.98 Å². The van der Waals surface area contributed by atoms with E-state index in [0.29, 0.717) is 11.6 Å². The fraction of sp³-hybridized carbons (Fsp3) is 0.429. The summed E-state index contributed by atoms with van der Waals surface area (Å²) in [5, 5.41) is 7.77. The van der Waals surface area contributed by atoms with Crippen LogP contribution in [0.1, 0.15) is 43.0 Å². The topological polar surface area (TPSA) is 36.7 Å². The average Bonchev–Trinajstić information content (AvgIpc) is 3.09. The van der Waals surface area contributed by atoms with Crippen molar-refractivity contribution in [1.29, 1.82) is 5.41 Å². The van der Waals surface area contributed by atoms with Crippen LogP contribution in [0.4, 0.5) is 0 Å². The maximum Gasteiger partial charge on any atom is 0.0867 e. The van der Waals surface area contributed by atoms with E-state index < -0.39 is 0 Å².